The standard InChI is InChI=1S/C15H24N2O5S/c1-12(2)22-13-5-7-14(8-6-13)23(19,20)17-11-15(18)16-9-4-10-21-3/h5-8,12,17H,4,9-11H2,1-3H3,(H,16,18). The zero-order chi connectivity index (χ0) is 17.3. The lowest BCUT2D eigenvalue weighted by molar-refractivity contribution is -0.120. The molecule has 1 rings (SSSR count). The van der Waals surface area contributed by atoms with E-state index in [4.69, 9.17) is 9.47 Å². The summed E-state index contributed by atoms with van der Waals surface area (Å²) in [7, 11) is -2.15. The second-order valence-electron chi connectivity index (χ2n) is 5.16. The van der Waals surface area contributed by atoms with Crippen LogP contribution in [0.1, 0.15) is 20.3 Å². The van der Waals surface area contributed by atoms with Crippen molar-refractivity contribution in [2.24, 2.45) is 0 Å². The van der Waals surface area contributed by atoms with E-state index in [1.807, 2.05) is 13.8 Å². The Labute approximate surface area is 137 Å². The van der Waals surface area contributed by atoms with Gasteiger partial charge in [0.05, 0.1) is 17.5 Å². The normalized spacial score (nSPS) is 11.5. The maximum Gasteiger partial charge on any atom is 0.241 e. The number of hydrogen-bond donors (Lipinski definition) is 2. The minimum Gasteiger partial charge on any atom is -0.491 e. The highest BCUT2D eigenvalue weighted by Gasteiger charge is 2.15. The molecule has 0 aliphatic carbocycles. The number of benzene rings is 1. The topological polar surface area (TPSA) is 93.7 Å². The first-order valence-corrected chi connectivity index (χ1v) is 8.85. The Morgan fingerprint density at radius 3 is 2.43 bits per heavy atom. The molecule has 0 bridgehead atoms. The molecule has 0 unspecified atom stereocenters. The first-order chi connectivity index (χ1) is 10.8. The lowest BCUT2D eigenvalue weighted by Gasteiger charge is -2.11. The van der Waals surface area contributed by atoms with E-state index < -0.39 is 10.0 Å². The number of sulfonamides is 1. The fraction of sp³-hybridized carbons (Fsp3) is 0.533. The fourth-order valence-corrected chi connectivity index (χ4v) is 2.70. The average molecular weight is 344 g/mol. The van der Waals surface area contributed by atoms with E-state index >= 15 is 0 Å². The van der Waals surface area contributed by atoms with Gasteiger partial charge in [0.1, 0.15) is 5.75 Å². The van der Waals surface area contributed by atoms with Crippen LogP contribution in [0.4, 0.5) is 0 Å². The van der Waals surface area contributed by atoms with Gasteiger partial charge in [0.2, 0.25) is 15.9 Å². The van der Waals surface area contributed by atoms with Gasteiger partial charge in [-0.1, -0.05) is 0 Å². The molecular weight excluding hydrogens is 320 g/mol. The summed E-state index contributed by atoms with van der Waals surface area (Å²) in [5.74, 6) is 0.208. The molecule has 0 aromatic heterocycles. The minimum absolute atomic E-state index is 0.0115. The van der Waals surface area contributed by atoms with Crippen molar-refractivity contribution in [3.8, 4) is 5.75 Å². The number of amides is 1. The van der Waals surface area contributed by atoms with Crippen molar-refractivity contribution >= 4 is 15.9 Å². The van der Waals surface area contributed by atoms with Gasteiger partial charge in [-0.05, 0) is 44.5 Å². The molecule has 1 aromatic rings. The van der Waals surface area contributed by atoms with Crippen molar-refractivity contribution in [3.05, 3.63) is 24.3 Å². The van der Waals surface area contributed by atoms with Gasteiger partial charge in [-0.25, -0.2) is 13.1 Å². The second-order valence-corrected chi connectivity index (χ2v) is 6.93. The number of methoxy groups -OCH3 is 1. The van der Waals surface area contributed by atoms with Gasteiger partial charge >= 0.3 is 0 Å². The molecule has 0 atom stereocenters. The van der Waals surface area contributed by atoms with Gasteiger partial charge in [-0.15, -0.1) is 0 Å². The highest BCUT2D eigenvalue weighted by atomic mass is 32.2. The second kappa shape index (κ2) is 9.49. The first-order valence-electron chi connectivity index (χ1n) is 7.37. The molecular formula is C15H24N2O5S. The highest BCUT2D eigenvalue weighted by Crippen LogP contribution is 2.16. The summed E-state index contributed by atoms with van der Waals surface area (Å²) in [5.41, 5.74) is 0. The van der Waals surface area contributed by atoms with Gasteiger partial charge in [-0.3, -0.25) is 4.79 Å². The summed E-state index contributed by atoms with van der Waals surface area (Å²) in [5, 5.41) is 2.61. The Morgan fingerprint density at radius 2 is 1.87 bits per heavy atom. The molecule has 1 aromatic carbocycles. The highest BCUT2D eigenvalue weighted by molar-refractivity contribution is 7.89. The predicted octanol–water partition coefficient (Wildman–Crippen LogP) is 0.905. The lowest BCUT2D eigenvalue weighted by atomic mass is 10.3. The molecule has 0 aliphatic rings. The average Bonchev–Trinajstić information content (AvgIpc) is 2.50. The number of carbonyl (C=O) groups excluding carboxylic acids is 1. The number of carbonyl (C=O) groups is 1. The van der Waals surface area contributed by atoms with Crippen LogP contribution in [-0.4, -0.2) is 47.2 Å². The van der Waals surface area contributed by atoms with Crippen LogP contribution in [0.3, 0.4) is 0 Å². The van der Waals surface area contributed by atoms with E-state index in [9.17, 15) is 13.2 Å². The van der Waals surface area contributed by atoms with Gasteiger partial charge < -0.3 is 14.8 Å². The van der Waals surface area contributed by atoms with Gasteiger partial charge in [-0.2, -0.15) is 0 Å². The van der Waals surface area contributed by atoms with Gasteiger partial charge in [0.25, 0.3) is 0 Å². The van der Waals surface area contributed by atoms with Crippen LogP contribution in [0, 0.1) is 0 Å². The van der Waals surface area contributed by atoms with Crippen LogP contribution in [0.2, 0.25) is 0 Å². The number of nitrogens with one attached hydrogen (secondary N) is 2. The summed E-state index contributed by atoms with van der Waals surface area (Å²) in [4.78, 5) is 11.6. The molecule has 0 aliphatic heterocycles. The Hall–Kier alpha value is -1.64. The monoisotopic (exact) mass is 344 g/mol. The largest absolute Gasteiger partial charge is 0.491 e. The molecule has 1 amide bonds. The SMILES string of the molecule is COCCCNC(=O)CNS(=O)(=O)c1ccc(OC(C)C)cc1. The Bertz CT molecular complexity index is 584. The summed E-state index contributed by atoms with van der Waals surface area (Å²) in [6.07, 6.45) is 0.684. The van der Waals surface area contributed by atoms with Crippen molar-refractivity contribution in [1.82, 2.24) is 10.0 Å². The molecule has 0 radical (unpaired) electrons. The number of hydrogen-bond acceptors (Lipinski definition) is 5. The lowest BCUT2D eigenvalue weighted by Crippen LogP contribution is -2.37. The molecule has 7 nitrogen and oxygen atoms in total. The quantitative estimate of drug-likeness (QED) is 0.615. The van der Waals surface area contributed by atoms with Crippen molar-refractivity contribution in [2.45, 2.75) is 31.3 Å². The maximum atomic E-state index is 12.1. The molecule has 0 heterocycles. The molecule has 8 heteroatoms. The van der Waals surface area contributed by atoms with Crippen LogP contribution in [-0.2, 0) is 19.6 Å². The molecule has 0 fully saturated rings. The molecule has 0 spiro atoms. The maximum absolute atomic E-state index is 12.1. The van der Waals surface area contributed by atoms with E-state index in [1.165, 1.54) is 12.1 Å². The molecule has 0 saturated carbocycles. The third-order valence-corrected chi connectivity index (χ3v) is 4.19. The van der Waals surface area contributed by atoms with Crippen LogP contribution in [0.5, 0.6) is 5.75 Å². The van der Waals surface area contributed by atoms with Gasteiger partial charge in [0.15, 0.2) is 0 Å². The predicted molar refractivity (Wildman–Crippen MR) is 86.9 cm³/mol. The van der Waals surface area contributed by atoms with Crippen LogP contribution in [0.25, 0.3) is 0 Å². The van der Waals surface area contributed by atoms with Gasteiger partial charge in [0, 0.05) is 20.3 Å². The number of rotatable bonds is 10. The summed E-state index contributed by atoms with van der Waals surface area (Å²) in [6.45, 7) is 4.45. The van der Waals surface area contributed by atoms with E-state index in [-0.39, 0.29) is 23.5 Å². The molecule has 23 heavy (non-hydrogen) atoms. The molecule has 130 valence electrons. The Kier molecular flexibility index (Phi) is 8.01. The third kappa shape index (κ3) is 7.45. The molecule has 0 saturated heterocycles. The fourth-order valence-electron chi connectivity index (χ4n) is 1.72. The van der Waals surface area contributed by atoms with Crippen molar-refractivity contribution < 1.29 is 22.7 Å². The van der Waals surface area contributed by atoms with E-state index in [0.29, 0.717) is 25.3 Å². The Morgan fingerprint density at radius 1 is 1.22 bits per heavy atom. The summed E-state index contributed by atoms with van der Waals surface area (Å²) in [6, 6.07) is 6.05. The van der Waals surface area contributed by atoms with Crippen LogP contribution >= 0.6 is 0 Å². The number of ether oxygens (including phenoxy) is 2. The van der Waals surface area contributed by atoms with Crippen molar-refractivity contribution in [2.75, 3.05) is 26.8 Å². The van der Waals surface area contributed by atoms with Crippen LogP contribution < -0.4 is 14.8 Å². The molecule has 2 N–H and O–H groups in total. The van der Waals surface area contributed by atoms with E-state index in [0.717, 1.165) is 0 Å². The first kappa shape index (κ1) is 19.4. The van der Waals surface area contributed by atoms with Crippen molar-refractivity contribution in [3.63, 3.8) is 0 Å². The smallest absolute Gasteiger partial charge is 0.241 e. The zero-order valence-corrected chi connectivity index (χ0v) is 14.5. The summed E-state index contributed by atoms with van der Waals surface area (Å²) < 4.78 is 36.8. The Balaban J connectivity index is 2.50. The van der Waals surface area contributed by atoms with Crippen molar-refractivity contribution in [1.29, 1.82) is 0 Å². The minimum atomic E-state index is -3.73. The van der Waals surface area contributed by atoms with E-state index in [2.05, 4.69) is 10.0 Å². The zero-order valence-electron chi connectivity index (χ0n) is 13.7. The summed E-state index contributed by atoms with van der Waals surface area (Å²) >= 11 is 0. The van der Waals surface area contributed by atoms with Crippen LogP contribution in [0.15, 0.2) is 29.2 Å². The van der Waals surface area contributed by atoms with E-state index in [1.54, 1.807) is 19.2 Å². The third-order valence-electron chi connectivity index (χ3n) is 2.78.